The average Bonchev–Trinajstić information content (AvgIpc) is 3.15. The number of thioether (sulfide) groups is 1. The molecular weight excluding hydrogens is 482 g/mol. The minimum absolute atomic E-state index is 0.0600. The SMILES string of the molecule is COc1cccc(NC(=O)COC(=O)c2ccc(N3C(=O)CC(Sc4cccc(N)c4)C3=O)cc2)c1. The predicted octanol–water partition coefficient (Wildman–Crippen LogP) is 3.50. The van der Waals surface area contributed by atoms with Crippen LogP contribution < -0.4 is 20.7 Å². The number of esters is 1. The number of anilines is 3. The fraction of sp³-hybridized carbons (Fsp3) is 0.154. The lowest BCUT2D eigenvalue weighted by Crippen LogP contribution is -2.31. The number of benzene rings is 3. The molecule has 0 saturated carbocycles. The number of amides is 3. The quantitative estimate of drug-likeness (QED) is 0.271. The lowest BCUT2D eigenvalue weighted by atomic mass is 10.2. The molecule has 184 valence electrons. The molecule has 0 aliphatic carbocycles. The van der Waals surface area contributed by atoms with Crippen LogP contribution in [-0.4, -0.2) is 42.7 Å². The first-order valence-electron chi connectivity index (χ1n) is 10.9. The molecule has 1 heterocycles. The third-order valence-corrected chi connectivity index (χ3v) is 6.47. The Hall–Kier alpha value is -4.31. The Bertz CT molecular complexity index is 1310. The third kappa shape index (κ3) is 5.84. The zero-order chi connectivity index (χ0) is 25.7. The Labute approximate surface area is 211 Å². The molecule has 4 rings (SSSR count). The van der Waals surface area contributed by atoms with Crippen molar-refractivity contribution >= 4 is 52.5 Å². The van der Waals surface area contributed by atoms with Crippen molar-refractivity contribution in [2.75, 3.05) is 29.7 Å². The fourth-order valence-electron chi connectivity index (χ4n) is 3.58. The summed E-state index contributed by atoms with van der Waals surface area (Å²) in [5, 5.41) is 2.05. The lowest BCUT2D eigenvalue weighted by Gasteiger charge is -2.15. The van der Waals surface area contributed by atoms with Gasteiger partial charge >= 0.3 is 5.97 Å². The molecule has 0 radical (unpaired) electrons. The van der Waals surface area contributed by atoms with Gasteiger partial charge in [-0.25, -0.2) is 9.69 Å². The number of hydrogen-bond donors (Lipinski definition) is 2. The van der Waals surface area contributed by atoms with E-state index >= 15 is 0 Å². The van der Waals surface area contributed by atoms with Gasteiger partial charge in [-0.2, -0.15) is 0 Å². The van der Waals surface area contributed by atoms with Crippen LogP contribution in [0.1, 0.15) is 16.8 Å². The monoisotopic (exact) mass is 505 g/mol. The molecule has 0 aromatic heterocycles. The van der Waals surface area contributed by atoms with Gasteiger partial charge in [0.2, 0.25) is 11.8 Å². The molecule has 0 bridgehead atoms. The van der Waals surface area contributed by atoms with Gasteiger partial charge in [-0.3, -0.25) is 14.4 Å². The summed E-state index contributed by atoms with van der Waals surface area (Å²) in [5.74, 6) is -1.31. The summed E-state index contributed by atoms with van der Waals surface area (Å²) < 4.78 is 10.2. The number of rotatable bonds is 8. The van der Waals surface area contributed by atoms with Crippen molar-refractivity contribution in [3.05, 3.63) is 78.4 Å². The molecule has 1 aliphatic heterocycles. The van der Waals surface area contributed by atoms with E-state index in [1.165, 1.54) is 43.1 Å². The molecular formula is C26H23N3O6S. The molecule has 3 amide bonds. The summed E-state index contributed by atoms with van der Waals surface area (Å²) in [5.41, 5.74) is 7.41. The number of ether oxygens (including phenoxy) is 2. The van der Waals surface area contributed by atoms with Gasteiger partial charge in [-0.15, -0.1) is 11.8 Å². The van der Waals surface area contributed by atoms with Gasteiger partial charge < -0.3 is 20.5 Å². The molecule has 1 atom stereocenters. The Morgan fingerprint density at radius 2 is 1.81 bits per heavy atom. The normalized spacial score (nSPS) is 15.0. The highest BCUT2D eigenvalue weighted by molar-refractivity contribution is 8.00. The zero-order valence-corrected chi connectivity index (χ0v) is 20.1. The fourth-order valence-corrected chi connectivity index (χ4v) is 4.70. The topological polar surface area (TPSA) is 128 Å². The summed E-state index contributed by atoms with van der Waals surface area (Å²) >= 11 is 1.28. The summed E-state index contributed by atoms with van der Waals surface area (Å²) in [7, 11) is 1.52. The maximum atomic E-state index is 12.9. The van der Waals surface area contributed by atoms with E-state index in [2.05, 4.69) is 5.32 Å². The number of carbonyl (C=O) groups excluding carboxylic acids is 4. The number of nitrogens with one attached hydrogen (secondary N) is 1. The van der Waals surface area contributed by atoms with Crippen molar-refractivity contribution < 1.29 is 28.7 Å². The number of nitrogens with two attached hydrogens (primary N) is 1. The second-order valence-corrected chi connectivity index (χ2v) is 9.13. The third-order valence-electron chi connectivity index (χ3n) is 5.29. The van der Waals surface area contributed by atoms with E-state index in [1.807, 2.05) is 6.07 Å². The van der Waals surface area contributed by atoms with Gasteiger partial charge in [-0.05, 0) is 54.6 Å². The Balaban J connectivity index is 1.33. The van der Waals surface area contributed by atoms with Crippen LogP contribution in [0.2, 0.25) is 0 Å². The Morgan fingerprint density at radius 3 is 2.53 bits per heavy atom. The second kappa shape index (κ2) is 11.0. The van der Waals surface area contributed by atoms with Gasteiger partial charge in [0.1, 0.15) is 5.75 Å². The van der Waals surface area contributed by atoms with Crippen LogP contribution in [0.3, 0.4) is 0 Å². The number of hydrogen-bond acceptors (Lipinski definition) is 8. The van der Waals surface area contributed by atoms with Crippen LogP contribution in [-0.2, 0) is 19.1 Å². The van der Waals surface area contributed by atoms with Crippen molar-refractivity contribution in [2.24, 2.45) is 0 Å². The molecule has 3 aromatic rings. The van der Waals surface area contributed by atoms with Crippen molar-refractivity contribution in [3.63, 3.8) is 0 Å². The van der Waals surface area contributed by atoms with Crippen molar-refractivity contribution in [3.8, 4) is 5.75 Å². The summed E-state index contributed by atoms with van der Waals surface area (Å²) in [6, 6.07) is 19.8. The predicted molar refractivity (Wildman–Crippen MR) is 136 cm³/mol. The molecule has 10 heteroatoms. The molecule has 3 N–H and O–H groups in total. The molecule has 1 fully saturated rings. The summed E-state index contributed by atoms with van der Waals surface area (Å²) in [6.07, 6.45) is 0.0600. The van der Waals surface area contributed by atoms with E-state index in [9.17, 15) is 19.2 Å². The van der Waals surface area contributed by atoms with E-state index in [0.29, 0.717) is 22.8 Å². The second-order valence-electron chi connectivity index (χ2n) is 7.85. The van der Waals surface area contributed by atoms with E-state index in [1.54, 1.807) is 42.5 Å². The standard InChI is InChI=1S/C26H23N3O6S/c1-34-20-6-3-5-18(13-20)28-23(30)15-35-26(33)16-8-10-19(11-9-16)29-24(31)14-22(25(29)32)36-21-7-2-4-17(27)12-21/h2-13,22H,14-15,27H2,1H3,(H,28,30). The zero-order valence-electron chi connectivity index (χ0n) is 19.3. The smallest absolute Gasteiger partial charge is 0.338 e. The first-order valence-corrected chi connectivity index (χ1v) is 11.8. The van der Waals surface area contributed by atoms with E-state index < -0.39 is 23.7 Å². The van der Waals surface area contributed by atoms with Crippen LogP contribution in [0.25, 0.3) is 0 Å². The van der Waals surface area contributed by atoms with E-state index in [4.69, 9.17) is 15.2 Å². The molecule has 3 aromatic carbocycles. The van der Waals surface area contributed by atoms with E-state index in [-0.39, 0.29) is 23.8 Å². The van der Waals surface area contributed by atoms with Gasteiger partial charge in [0, 0.05) is 28.8 Å². The van der Waals surface area contributed by atoms with Gasteiger partial charge in [0.05, 0.1) is 23.6 Å². The van der Waals surface area contributed by atoms with Crippen LogP contribution in [0.15, 0.2) is 77.7 Å². The van der Waals surface area contributed by atoms with Crippen molar-refractivity contribution in [1.82, 2.24) is 0 Å². The first kappa shape index (κ1) is 24.8. The number of carbonyl (C=O) groups is 4. The summed E-state index contributed by atoms with van der Waals surface area (Å²) in [6.45, 7) is -0.482. The highest BCUT2D eigenvalue weighted by Crippen LogP contribution is 2.34. The van der Waals surface area contributed by atoms with Crippen LogP contribution in [0.5, 0.6) is 5.75 Å². The maximum absolute atomic E-state index is 12.9. The van der Waals surface area contributed by atoms with Gasteiger partial charge in [-0.1, -0.05) is 12.1 Å². The van der Waals surface area contributed by atoms with Crippen LogP contribution >= 0.6 is 11.8 Å². The molecule has 1 saturated heterocycles. The number of methoxy groups -OCH3 is 1. The highest BCUT2D eigenvalue weighted by Gasteiger charge is 2.40. The molecule has 1 unspecified atom stereocenters. The van der Waals surface area contributed by atoms with E-state index in [0.717, 1.165) is 9.80 Å². The first-order chi connectivity index (χ1) is 17.3. The van der Waals surface area contributed by atoms with Gasteiger partial charge in [0.15, 0.2) is 6.61 Å². The van der Waals surface area contributed by atoms with Crippen LogP contribution in [0.4, 0.5) is 17.1 Å². The minimum atomic E-state index is -0.712. The Kier molecular flexibility index (Phi) is 7.55. The number of nitrogens with zero attached hydrogens (tertiary/aromatic N) is 1. The van der Waals surface area contributed by atoms with Crippen LogP contribution in [0, 0.1) is 0 Å². The maximum Gasteiger partial charge on any atom is 0.338 e. The summed E-state index contributed by atoms with van der Waals surface area (Å²) in [4.78, 5) is 51.8. The highest BCUT2D eigenvalue weighted by atomic mass is 32.2. The largest absolute Gasteiger partial charge is 0.497 e. The van der Waals surface area contributed by atoms with Gasteiger partial charge in [0.25, 0.3) is 5.91 Å². The molecule has 9 nitrogen and oxygen atoms in total. The number of nitrogen functional groups attached to an aromatic ring is 1. The lowest BCUT2D eigenvalue weighted by molar-refractivity contribution is -0.121. The number of imide groups is 1. The molecule has 1 aliphatic rings. The molecule has 36 heavy (non-hydrogen) atoms. The minimum Gasteiger partial charge on any atom is -0.497 e. The van der Waals surface area contributed by atoms with Crippen molar-refractivity contribution in [1.29, 1.82) is 0 Å². The van der Waals surface area contributed by atoms with Crippen molar-refractivity contribution in [2.45, 2.75) is 16.6 Å². The average molecular weight is 506 g/mol. The molecule has 0 spiro atoms. The Morgan fingerprint density at radius 1 is 1.06 bits per heavy atom.